The standard InChI is InChI=1S/C11H7BrCl2N2O2S/c12-5-1-7(13)9(8(14)2-5)15-3-6-4-19-10(16-6)11(17)18/h1-2,4,15H,3H2,(H,17,18). The van der Waals surface area contributed by atoms with Gasteiger partial charge in [0, 0.05) is 9.85 Å². The lowest BCUT2D eigenvalue weighted by Gasteiger charge is -2.09. The highest BCUT2D eigenvalue weighted by Gasteiger charge is 2.11. The molecule has 0 unspecified atom stereocenters. The Morgan fingerprint density at radius 1 is 1.42 bits per heavy atom. The van der Waals surface area contributed by atoms with Gasteiger partial charge in [-0.15, -0.1) is 11.3 Å². The Morgan fingerprint density at radius 3 is 2.58 bits per heavy atom. The average molecular weight is 382 g/mol. The van der Waals surface area contributed by atoms with Crippen LogP contribution in [0.4, 0.5) is 5.69 Å². The molecule has 4 nitrogen and oxygen atoms in total. The van der Waals surface area contributed by atoms with Crippen molar-refractivity contribution in [3.05, 3.63) is 42.7 Å². The van der Waals surface area contributed by atoms with E-state index in [0.29, 0.717) is 28.0 Å². The van der Waals surface area contributed by atoms with Crippen LogP contribution >= 0.6 is 50.5 Å². The molecule has 0 amide bonds. The van der Waals surface area contributed by atoms with Crippen molar-refractivity contribution >= 4 is 62.1 Å². The predicted molar refractivity (Wildman–Crippen MR) is 80.6 cm³/mol. The summed E-state index contributed by atoms with van der Waals surface area (Å²) in [5.41, 5.74) is 1.22. The van der Waals surface area contributed by atoms with Crippen LogP contribution in [0.1, 0.15) is 15.5 Å². The minimum absolute atomic E-state index is 0.0600. The Bertz CT molecular complexity index is 610. The number of nitrogens with one attached hydrogen (secondary N) is 1. The first kappa shape index (κ1) is 14.6. The predicted octanol–water partition coefficient (Wildman–Crippen LogP) is 4.52. The quantitative estimate of drug-likeness (QED) is 0.816. The molecule has 0 saturated carbocycles. The Hall–Kier alpha value is -0.820. The number of nitrogens with zero attached hydrogens (tertiary/aromatic N) is 1. The molecule has 0 atom stereocenters. The van der Waals surface area contributed by atoms with Crippen LogP contribution in [0.3, 0.4) is 0 Å². The van der Waals surface area contributed by atoms with Gasteiger partial charge in [-0.1, -0.05) is 39.1 Å². The zero-order valence-corrected chi connectivity index (χ0v) is 13.2. The third-order valence-electron chi connectivity index (χ3n) is 2.19. The van der Waals surface area contributed by atoms with E-state index in [2.05, 4.69) is 26.2 Å². The Balaban J connectivity index is 2.12. The van der Waals surface area contributed by atoms with Crippen molar-refractivity contribution in [1.29, 1.82) is 0 Å². The minimum atomic E-state index is -1.03. The van der Waals surface area contributed by atoms with E-state index < -0.39 is 5.97 Å². The number of hydrogen-bond donors (Lipinski definition) is 2. The first-order chi connectivity index (χ1) is 8.97. The van der Waals surface area contributed by atoms with E-state index in [1.165, 1.54) is 0 Å². The molecule has 2 N–H and O–H groups in total. The van der Waals surface area contributed by atoms with Crippen molar-refractivity contribution in [2.45, 2.75) is 6.54 Å². The van der Waals surface area contributed by atoms with Gasteiger partial charge in [0.1, 0.15) is 0 Å². The number of rotatable bonds is 4. The van der Waals surface area contributed by atoms with Crippen molar-refractivity contribution in [3.8, 4) is 0 Å². The molecule has 2 aromatic rings. The fourth-order valence-electron chi connectivity index (χ4n) is 1.38. The van der Waals surface area contributed by atoms with Crippen LogP contribution < -0.4 is 5.32 Å². The highest BCUT2D eigenvalue weighted by atomic mass is 79.9. The molecule has 0 aliphatic rings. The van der Waals surface area contributed by atoms with E-state index >= 15 is 0 Å². The summed E-state index contributed by atoms with van der Waals surface area (Å²) in [6.07, 6.45) is 0. The molecule has 1 heterocycles. The van der Waals surface area contributed by atoms with Gasteiger partial charge in [-0.25, -0.2) is 9.78 Å². The number of halogens is 3. The molecule has 19 heavy (non-hydrogen) atoms. The van der Waals surface area contributed by atoms with Gasteiger partial charge in [0.05, 0.1) is 28.0 Å². The molecule has 0 aliphatic carbocycles. The second kappa shape index (κ2) is 6.09. The van der Waals surface area contributed by atoms with Gasteiger partial charge in [-0.3, -0.25) is 0 Å². The fourth-order valence-corrected chi connectivity index (χ4v) is 3.37. The highest BCUT2D eigenvalue weighted by molar-refractivity contribution is 9.10. The van der Waals surface area contributed by atoms with Crippen LogP contribution in [0.25, 0.3) is 0 Å². The third-order valence-corrected chi connectivity index (χ3v) is 4.12. The van der Waals surface area contributed by atoms with Gasteiger partial charge >= 0.3 is 5.97 Å². The molecule has 0 saturated heterocycles. The van der Waals surface area contributed by atoms with Crippen LogP contribution in [0.15, 0.2) is 22.0 Å². The maximum absolute atomic E-state index is 10.7. The third kappa shape index (κ3) is 3.60. The summed E-state index contributed by atoms with van der Waals surface area (Å²) in [6.45, 7) is 0.352. The second-order valence-corrected chi connectivity index (χ2v) is 6.14. The van der Waals surface area contributed by atoms with Crippen molar-refractivity contribution in [2.24, 2.45) is 0 Å². The normalized spacial score (nSPS) is 10.5. The maximum atomic E-state index is 10.7. The molecule has 8 heteroatoms. The number of benzene rings is 1. The Morgan fingerprint density at radius 2 is 2.05 bits per heavy atom. The molecule has 2 rings (SSSR count). The fraction of sp³-hybridized carbons (Fsp3) is 0.0909. The minimum Gasteiger partial charge on any atom is -0.476 e. The smallest absolute Gasteiger partial charge is 0.365 e. The van der Waals surface area contributed by atoms with Crippen LogP contribution in [0.2, 0.25) is 10.0 Å². The summed E-state index contributed by atoms with van der Waals surface area (Å²) in [6, 6.07) is 3.44. The summed E-state index contributed by atoms with van der Waals surface area (Å²) in [5, 5.41) is 14.5. The van der Waals surface area contributed by atoms with Gasteiger partial charge < -0.3 is 10.4 Å². The summed E-state index contributed by atoms with van der Waals surface area (Å²) < 4.78 is 0.787. The van der Waals surface area contributed by atoms with Gasteiger partial charge in [-0.05, 0) is 12.1 Å². The monoisotopic (exact) mass is 380 g/mol. The summed E-state index contributed by atoms with van der Waals surface area (Å²) in [7, 11) is 0. The number of carboxylic acids is 1. The first-order valence-electron chi connectivity index (χ1n) is 5.03. The Kier molecular flexibility index (Phi) is 4.67. The number of thiazole rings is 1. The van der Waals surface area contributed by atoms with Crippen LogP contribution in [-0.4, -0.2) is 16.1 Å². The van der Waals surface area contributed by atoms with Gasteiger partial charge in [0.25, 0.3) is 0 Å². The molecular weight excluding hydrogens is 375 g/mol. The summed E-state index contributed by atoms with van der Waals surface area (Å²) in [4.78, 5) is 14.7. The number of hydrogen-bond acceptors (Lipinski definition) is 4. The lowest BCUT2D eigenvalue weighted by Crippen LogP contribution is -2.02. The molecule has 0 aliphatic heterocycles. The van der Waals surface area contributed by atoms with Gasteiger partial charge in [-0.2, -0.15) is 0 Å². The average Bonchev–Trinajstić information content (AvgIpc) is 2.76. The molecule has 100 valence electrons. The van der Waals surface area contributed by atoms with Crippen LogP contribution in [0.5, 0.6) is 0 Å². The lowest BCUT2D eigenvalue weighted by atomic mass is 10.3. The number of carbonyl (C=O) groups is 1. The van der Waals surface area contributed by atoms with Crippen molar-refractivity contribution < 1.29 is 9.90 Å². The van der Waals surface area contributed by atoms with Crippen molar-refractivity contribution in [1.82, 2.24) is 4.98 Å². The molecule has 0 radical (unpaired) electrons. The van der Waals surface area contributed by atoms with E-state index in [0.717, 1.165) is 15.8 Å². The van der Waals surface area contributed by atoms with E-state index in [1.807, 2.05) is 0 Å². The largest absolute Gasteiger partial charge is 0.476 e. The van der Waals surface area contributed by atoms with Crippen molar-refractivity contribution in [3.63, 3.8) is 0 Å². The van der Waals surface area contributed by atoms with Gasteiger partial charge in [0.2, 0.25) is 5.01 Å². The molecule has 0 fully saturated rings. The molecule has 1 aromatic carbocycles. The zero-order chi connectivity index (χ0) is 14.0. The number of anilines is 1. The molecule has 1 aromatic heterocycles. The first-order valence-corrected chi connectivity index (χ1v) is 7.46. The SMILES string of the molecule is O=C(O)c1nc(CNc2c(Cl)cc(Br)cc2Cl)cs1. The molecule has 0 bridgehead atoms. The number of carboxylic acid groups (broad SMARTS) is 1. The summed E-state index contributed by atoms with van der Waals surface area (Å²) in [5.74, 6) is -1.03. The molecular formula is C11H7BrCl2N2O2S. The zero-order valence-electron chi connectivity index (χ0n) is 9.28. The number of aromatic nitrogens is 1. The van der Waals surface area contributed by atoms with Crippen LogP contribution in [-0.2, 0) is 6.54 Å². The lowest BCUT2D eigenvalue weighted by molar-refractivity contribution is 0.0696. The maximum Gasteiger partial charge on any atom is 0.365 e. The second-order valence-electron chi connectivity index (χ2n) is 3.55. The van der Waals surface area contributed by atoms with Crippen LogP contribution in [0, 0.1) is 0 Å². The van der Waals surface area contributed by atoms with E-state index in [-0.39, 0.29) is 5.01 Å². The number of aromatic carboxylic acids is 1. The molecule has 0 spiro atoms. The van der Waals surface area contributed by atoms with E-state index in [4.69, 9.17) is 28.3 Å². The summed E-state index contributed by atoms with van der Waals surface area (Å²) >= 11 is 16.5. The van der Waals surface area contributed by atoms with E-state index in [9.17, 15) is 4.79 Å². The van der Waals surface area contributed by atoms with E-state index in [1.54, 1.807) is 17.5 Å². The highest BCUT2D eigenvalue weighted by Crippen LogP contribution is 2.34. The van der Waals surface area contributed by atoms with Gasteiger partial charge in [0.15, 0.2) is 0 Å². The van der Waals surface area contributed by atoms with Crippen molar-refractivity contribution in [2.75, 3.05) is 5.32 Å². The topological polar surface area (TPSA) is 62.2 Å². The Labute approximate surface area is 131 Å².